The van der Waals surface area contributed by atoms with E-state index in [0.717, 1.165) is 38.5 Å². The molecule has 1 amide bonds. The Balaban J connectivity index is 1.80. The van der Waals surface area contributed by atoms with E-state index in [-0.39, 0.29) is 0 Å². The molecule has 0 saturated heterocycles. The minimum atomic E-state index is 0.307. The largest absolute Gasteiger partial charge is 0.343 e. The van der Waals surface area contributed by atoms with E-state index in [1.807, 2.05) is 11.9 Å². The van der Waals surface area contributed by atoms with Gasteiger partial charge < -0.3 is 10.6 Å². The second-order valence-electron chi connectivity index (χ2n) is 5.54. The van der Waals surface area contributed by atoms with Gasteiger partial charge in [0.15, 0.2) is 0 Å². The molecule has 0 aromatic carbocycles. The molecular weight excluding hydrogens is 212 g/mol. The molecule has 0 radical (unpaired) electrons. The Morgan fingerprint density at radius 1 is 1.29 bits per heavy atom. The van der Waals surface area contributed by atoms with E-state index in [9.17, 15) is 4.79 Å². The molecule has 0 heterocycles. The molecule has 0 aromatic rings. The Hall–Kier alpha value is -0.830. The Kier molecular flexibility index (Phi) is 4.21. The summed E-state index contributed by atoms with van der Waals surface area (Å²) in [6, 6.07) is 0.778. The van der Waals surface area contributed by atoms with Gasteiger partial charge in [0, 0.05) is 25.6 Å². The van der Waals surface area contributed by atoms with E-state index < -0.39 is 0 Å². The fraction of sp³-hybridized carbons (Fsp3) is 0.786. The van der Waals surface area contributed by atoms with Crippen molar-refractivity contribution in [2.75, 3.05) is 7.05 Å². The van der Waals surface area contributed by atoms with Crippen LogP contribution in [0.15, 0.2) is 12.2 Å². The van der Waals surface area contributed by atoms with Crippen molar-refractivity contribution in [1.29, 1.82) is 0 Å². The van der Waals surface area contributed by atoms with E-state index in [2.05, 4.69) is 12.2 Å². The predicted molar refractivity (Wildman–Crippen MR) is 69.5 cm³/mol. The van der Waals surface area contributed by atoms with Crippen molar-refractivity contribution in [3.8, 4) is 0 Å². The lowest BCUT2D eigenvalue weighted by molar-refractivity contribution is -0.133. The van der Waals surface area contributed by atoms with Gasteiger partial charge in [-0.25, -0.2) is 0 Å². The van der Waals surface area contributed by atoms with E-state index in [1.165, 1.54) is 0 Å². The first-order valence-corrected chi connectivity index (χ1v) is 6.84. The number of carbonyl (C=O) groups excluding carboxylic acids is 1. The van der Waals surface area contributed by atoms with Crippen molar-refractivity contribution < 1.29 is 4.79 Å². The van der Waals surface area contributed by atoms with Gasteiger partial charge in [-0.1, -0.05) is 12.2 Å². The Labute approximate surface area is 104 Å². The summed E-state index contributed by atoms with van der Waals surface area (Å²) < 4.78 is 0. The standard InChI is InChI=1S/C14H24N2O/c1-16(13-8-6-12(15)7-9-13)14(17)10-11-4-2-3-5-11/h2,4,11-13H,3,5-10,15H2,1H3. The quantitative estimate of drug-likeness (QED) is 0.763. The van der Waals surface area contributed by atoms with Crippen LogP contribution >= 0.6 is 0 Å². The molecule has 2 rings (SSSR count). The predicted octanol–water partition coefficient (Wildman–Crippen LogP) is 2.07. The molecule has 0 aromatic heterocycles. The first-order chi connectivity index (χ1) is 8.16. The average Bonchev–Trinajstić information content (AvgIpc) is 2.82. The van der Waals surface area contributed by atoms with Crippen LogP contribution in [0.25, 0.3) is 0 Å². The molecule has 0 bridgehead atoms. The summed E-state index contributed by atoms with van der Waals surface area (Å²) in [6.45, 7) is 0. The second-order valence-corrected chi connectivity index (χ2v) is 5.54. The molecule has 3 heteroatoms. The molecule has 2 aliphatic rings. The molecule has 0 aliphatic heterocycles. The average molecular weight is 236 g/mol. The summed E-state index contributed by atoms with van der Waals surface area (Å²) in [6.07, 6.45) is 11.6. The third-order valence-electron chi connectivity index (χ3n) is 4.23. The Morgan fingerprint density at radius 3 is 2.59 bits per heavy atom. The van der Waals surface area contributed by atoms with E-state index in [4.69, 9.17) is 5.73 Å². The highest BCUT2D eigenvalue weighted by Crippen LogP contribution is 2.25. The summed E-state index contributed by atoms with van der Waals surface area (Å²) in [4.78, 5) is 14.1. The first-order valence-electron chi connectivity index (χ1n) is 6.84. The summed E-state index contributed by atoms with van der Waals surface area (Å²) in [5, 5.41) is 0. The maximum atomic E-state index is 12.1. The van der Waals surface area contributed by atoms with Crippen molar-refractivity contribution >= 4 is 5.91 Å². The summed E-state index contributed by atoms with van der Waals surface area (Å²) in [5.74, 6) is 0.790. The summed E-state index contributed by atoms with van der Waals surface area (Å²) in [5.41, 5.74) is 5.89. The van der Waals surface area contributed by atoms with Crippen LogP contribution in [0.2, 0.25) is 0 Å². The minimum absolute atomic E-state index is 0.307. The van der Waals surface area contributed by atoms with Crippen LogP contribution in [0, 0.1) is 5.92 Å². The Bertz CT molecular complexity index is 293. The highest BCUT2D eigenvalue weighted by Gasteiger charge is 2.26. The van der Waals surface area contributed by atoms with Gasteiger partial charge in [-0.15, -0.1) is 0 Å². The third-order valence-corrected chi connectivity index (χ3v) is 4.23. The SMILES string of the molecule is CN(C(=O)CC1C=CCC1)C1CCC(N)CC1. The van der Waals surface area contributed by atoms with Crippen molar-refractivity contribution in [3.05, 3.63) is 12.2 Å². The van der Waals surface area contributed by atoms with Crippen LogP contribution in [0.3, 0.4) is 0 Å². The van der Waals surface area contributed by atoms with Crippen LogP contribution < -0.4 is 5.73 Å². The number of hydrogen-bond acceptors (Lipinski definition) is 2. The van der Waals surface area contributed by atoms with Gasteiger partial charge in [-0.3, -0.25) is 4.79 Å². The van der Waals surface area contributed by atoms with Crippen LogP contribution in [-0.2, 0) is 4.79 Å². The zero-order valence-corrected chi connectivity index (χ0v) is 10.8. The van der Waals surface area contributed by atoms with Crippen molar-refractivity contribution in [2.45, 2.75) is 57.0 Å². The maximum Gasteiger partial charge on any atom is 0.223 e. The van der Waals surface area contributed by atoms with Gasteiger partial charge in [-0.05, 0) is 44.4 Å². The maximum absolute atomic E-state index is 12.1. The van der Waals surface area contributed by atoms with Crippen molar-refractivity contribution in [3.63, 3.8) is 0 Å². The van der Waals surface area contributed by atoms with Gasteiger partial charge >= 0.3 is 0 Å². The van der Waals surface area contributed by atoms with Crippen LogP contribution in [0.4, 0.5) is 0 Å². The third kappa shape index (κ3) is 3.32. The number of allylic oxidation sites excluding steroid dienone is 2. The molecule has 1 fully saturated rings. The minimum Gasteiger partial charge on any atom is -0.343 e. The lowest BCUT2D eigenvalue weighted by Crippen LogP contribution is -2.42. The number of amides is 1. The topological polar surface area (TPSA) is 46.3 Å². The molecular formula is C14H24N2O. The van der Waals surface area contributed by atoms with Gasteiger partial charge in [0.2, 0.25) is 5.91 Å². The van der Waals surface area contributed by atoms with Crippen molar-refractivity contribution in [2.24, 2.45) is 11.7 Å². The molecule has 1 unspecified atom stereocenters. The zero-order valence-electron chi connectivity index (χ0n) is 10.8. The van der Waals surface area contributed by atoms with Gasteiger partial charge in [-0.2, -0.15) is 0 Å². The highest BCUT2D eigenvalue weighted by molar-refractivity contribution is 5.76. The fourth-order valence-corrected chi connectivity index (χ4v) is 2.93. The normalized spacial score (nSPS) is 32.7. The van der Waals surface area contributed by atoms with Crippen LogP contribution in [0.1, 0.15) is 44.9 Å². The Morgan fingerprint density at radius 2 is 2.00 bits per heavy atom. The molecule has 0 spiro atoms. The number of nitrogens with two attached hydrogens (primary N) is 1. The highest BCUT2D eigenvalue weighted by atomic mass is 16.2. The van der Waals surface area contributed by atoms with E-state index >= 15 is 0 Å². The van der Waals surface area contributed by atoms with E-state index in [1.54, 1.807) is 0 Å². The van der Waals surface area contributed by atoms with Gasteiger partial charge in [0.25, 0.3) is 0 Å². The number of carbonyl (C=O) groups is 1. The number of nitrogens with zero attached hydrogens (tertiary/aromatic N) is 1. The second kappa shape index (κ2) is 5.67. The molecule has 2 aliphatic carbocycles. The fourth-order valence-electron chi connectivity index (χ4n) is 2.93. The monoisotopic (exact) mass is 236 g/mol. The number of rotatable bonds is 3. The van der Waals surface area contributed by atoms with E-state index in [0.29, 0.717) is 30.3 Å². The first kappa shape index (κ1) is 12.6. The zero-order chi connectivity index (χ0) is 12.3. The molecule has 3 nitrogen and oxygen atoms in total. The van der Waals surface area contributed by atoms with Crippen LogP contribution in [0.5, 0.6) is 0 Å². The summed E-state index contributed by atoms with van der Waals surface area (Å²) in [7, 11) is 1.96. The summed E-state index contributed by atoms with van der Waals surface area (Å²) >= 11 is 0. The molecule has 1 saturated carbocycles. The molecule has 17 heavy (non-hydrogen) atoms. The molecule has 2 N–H and O–H groups in total. The van der Waals surface area contributed by atoms with Crippen molar-refractivity contribution in [1.82, 2.24) is 4.90 Å². The molecule has 1 atom stereocenters. The number of hydrogen-bond donors (Lipinski definition) is 1. The lowest BCUT2D eigenvalue weighted by Gasteiger charge is -2.34. The lowest BCUT2D eigenvalue weighted by atomic mass is 9.90. The smallest absolute Gasteiger partial charge is 0.223 e. The van der Waals surface area contributed by atoms with Crippen LogP contribution in [-0.4, -0.2) is 29.9 Å². The van der Waals surface area contributed by atoms with Gasteiger partial charge in [0.05, 0.1) is 0 Å². The van der Waals surface area contributed by atoms with Gasteiger partial charge in [0.1, 0.15) is 0 Å². The molecule has 96 valence electrons.